The summed E-state index contributed by atoms with van der Waals surface area (Å²) in [6.45, 7) is 6.62. The third kappa shape index (κ3) is 1.78. The van der Waals surface area contributed by atoms with Crippen LogP contribution in [0.3, 0.4) is 0 Å². The fourth-order valence-electron chi connectivity index (χ4n) is 2.56. The number of rotatable bonds is 1. The van der Waals surface area contributed by atoms with E-state index in [1.165, 1.54) is 11.3 Å². The molecule has 0 saturated carbocycles. The van der Waals surface area contributed by atoms with E-state index < -0.39 is 0 Å². The van der Waals surface area contributed by atoms with Gasteiger partial charge in [-0.25, -0.2) is 4.68 Å². The third-order valence-electron chi connectivity index (χ3n) is 3.53. The van der Waals surface area contributed by atoms with E-state index in [0.29, 0.717) is 0 Å². The standard InChI is InChI=1S/C16H18N2/c1-12-14-9-10-16(2,3)11-15(14)18(17-12)13-7-5-4-6-8-13/h4-10H,11H2,1-3H3. The molecule has 1 aliphatic rings. The van der Waals surface area contributed by atoms with Crippen LogP contribution in [-0.4, -0.2) is 9.78 Å². The van der Waals surface area contributed by atoms with Gasteiger partial charge in [-0.2, -0.15) is 5.10 Å². The highest BCUT2D eigenvalue weighted by Crippen LogP contribution is 2.34. The van der Waals surface area contributed by atoms with Crippen molar-refractivity contribution in [3.8, 4) is 5.69 Å². The third-order valence-corrected chi connectivity index (χ3v) is 3.53. The van der Waals surface area contributed by atoms with Gasteiger partial charge in [0, 0.05) is 5.56 Å². The Labute approximate surface area is 108 Å². The Morgan fingerprint density at radius 1 is 1.17 bits per heavy atom. The maximum Gasteiger partial charge on any atom is 0.0673 e. The van der Waals surface area contributed by atoms with Gasteiger partial charge in [0.25, 0.3) is 0 Å². The monoisotopic (exact) mass is 238 g/mol. The minimum atomic E-state index is 0.214. The Morgan fingerprint density at radius 2 is 1.89 bits per heavy atom. The summed E-state index contributed by atoms with van der Waals surface area (Å²) in [5.74, 6) is 0. The Balaban J connectivity index is 2.17. The number of nitrogens with zero attached hydrogens (tertiary/aromatic N) is 2. The molecule has 0 amide bonds. The van der Waals surface area contributed by atoms with E-state index in [-0.39, 0.29) is 5.41 Å². The summed E-state index contributed by atoms with van der Waals surface area (Å²) in [6, 6.07) is 10.4. The molecule has 18 heavy (non-hydrogen) atoms. The molecule has 0 aliphatic heterocycles. The van der Waals surface area contributed by atoms with E-state index in [1.54, 1.807) is 0 Å². The first-order valence-corrected chi connectivity index (χ1v) is 6.40. The Morgan fingerprint density at radius 3 is 2.61 bits per heavy atom. The minimum absolute atomic E-state index is 0.214. The van der Waals surface area contributed by atoms with Gasteiger partial charge < -0.3 is 0 Å². The maximum atomic E-state index is 4.69. The molecule has 0 saturated heterocycles. The zero-order chi connectivity index (χ0) is 12.8. The van der Waals surface area contributed by atoms with Crippen molar-refractivity contribution in [3.05, 3.63) is 53.4 Å². The molecule has 3 rings (SSSR count). The first kappa shape index (κ1) is 11.3. The van der Waals surface area contributed by atoms with Crippen LogP contribution in [0.2, 0.25) is 0 Å². The fraction of sp³-hybridized carbons (Fsp3) is 0.312. The van der Waals surface area contributed by atoms with Crippen molar-refractivity contribution < 1.29 is 0 Å². The van der Waals surface area contributed by atoms with Gasteiger partial charge in [-0.15, -0.1) is 0 Å². The minimum Gasteiger partial charge on any atom is -0.237 e. The lowest BCUT2D eigenvalue weighted by atomic mass is 9.82. The van der Waals surface area contributed by atoms with Crippen LogP contribution in [0.25, 0.3) is 11.8 Å². The molecule has 2 nitrogen and oxygen atoms in total. The zero-order valence-corrected chi connectivity index (χ0v) is 11.1. The molecular formula is C16H18N2. The number of aryl methyl sites for hydroxylation is 1. The fourth-order valence-corrected chi connectivity index (χ4v) is 2.56. The van der Waals surface area contributed by atoms with E-state index >= 15 is 0 Å². The molecule has 92 valence electrons. The van der Waals surface area contributed by atoms with E-state index in [0.717, 1.165) is 17.8 Å². The van der Waals surface area contributed by atoms with Crippen LogP contribution in [-0.2, 0) is 6.42 Å². The molecule has 0 radical (unpaired) electrons. The van der Waals surface area contributed by atoms with Gasteiger partial charge in [0.05, 0.1) is 17.1 Å². The highest BCUT2D eigenvalue weighted by atomic mass is 15.3. The largest absolute Gasteiger partial charge is 0.237 e. The highest BCUT2D eigenvalue weighted by molar-refractivity contribution is 5.59. The average molecular weight is 238 g/mol. The van der Waals surface area contributed by atoms with E-state index in [4.69, 9.17) is 5.10 Å². The second-order valence-electron chi connectivity index (χ2n) is 5.69. The van der Waals surface area contributed by atoms with E-state index in [1.807, 2.05) is 6.07 Å². The molecular weight excluding hydrogens is 220 g/mol. The van der Waals surface area contributed by atoms with Crippen LogP contribution in [0.15, 0.2) is 36.4 Å². The van der Waals surface area contributed by atoms with Crippen molar-refractivity contribution in [1.82, 2.24) is 9.78 Å². The van der Waals surface area contributed by atoms with Crippen LogP contribution in [0.5, 0.6) is 0 Å². The second kappa shape index (κ2) is 3.84. The van der Waals surface area contributed by atoms with Crippen molar-refractivity contribution in [2.45, 2.75) is 27.2 Å². The lowest BCUT2D eigenvalue weighted by molar-refractivity contribution is 0.461. The second-order valence-corrected chi connectivity index (χ2v) is 5.69. The van der Waals surface area contributed by atoms with Gasteiger partial charge in [0.2, 0.25) is 0 Å². The first-order chi connectivity index (χ1) is 8.57. The summed E-state index contributed by atoms with van der Waals surface area (Å²) in [5, 5.41) is 4.69. The zero-order valence-electron chi connectivity index (χ0n) is 11.1. The molecule has 0 bridgehead atoms. The van der Waals surface area contributed by atoms with Crippen molar-refractivity contribution in [3.63, 3.8) is 0 Å². The number of para-hydroxylation sites is 1. The molecule has 1 heterocycles. The molecule has 2 heteroatoms. The van der Waals surface area contributed by atoms with Gasteiger partial charge in [-0.1, -0.05) is 44.2 Å². The number of hydrogen-bond acceptors (Lipinski definition) is 1. The molecule has 2 aromatic rings. The Kier molecular flexibility index (Phi) is 2.40. The van der Waals surface area contributed by atoms with Gasteiger partial charge in [0.15, 0.2) is 0 Å². The molecule has 0 atom stereocenters. The Bertz CT molecular complexity index is 604. The predicted octanol–water partition coefficient (Wildman–Crippen LogP) is 3.78. The summed E-state index contributed by atoms with van der Waals surface area (Å²) < 4.78 is 2.09. The van der Waals surface area contributed by atoms with Crippen LogP contribution in [0.1, 0.15) is 30.8 Å². The normalized spacial score (nSPS) is 16.6. The maximum absolute atomic E-state index is 4.69. The number of allylic oxidation sites excluding steroid dienone is 1. The summed E-state index contributed by atoms with van der Waals surface area (Å²) in [5.41, 5.74) is 5.09. The smallest absolute Gasteiger partial charge is 0.0673 e. The molecule has 1 aromatic carbocycles. The highest BCUT2D eigenvalue weighted by Gasteiger charge is 2.26. The van der Waals surface area contributed by atoms with Crippen LogP contribution < -0.4 is 0 Å². The molecule has 0 spiro atoms. The summed E-state index contributed by atoms with van der Waals surface area (Å²) in [7, 11) is 0. The Hall–Kier alpha value is -1.83. The van der Waals surface area contributed by atoms with Crippen LogP contribution in [0, 0.1) is 12.3 Å². The average Bonchev–Trinajstić information content (AvgIpc) is 2.66. The summed E-state index contributed by atoms with van der Waals surface area (Å²) in [6.07, 6.45) is 5.55. The van der Waals surface area contributed by atoms with Crippen LogP contribution in [0.4, 0.5) is 0 Å². The molecule has 0 unspecified atom stereocenters. The first-order valence-electron chi connectivity index (χ1n) is 6.40. The van der Waals surface area contributed by atoms with Crippen molar-refractivity contribution in [1.29, 1.82) is 0 Å². The van der Waals surface area contributed by atoms with Crippen molar-refractivity contribution in [2.24, 2.45) is 5.41 Å². The van der Waals surface area contributed by atoms with E-state index in [9.17, 15) is 0 Å². The van der Waals surface area contributed by atoms with Gasteiger partial charge in [-0.3, -0.25) is 0 Å². The van der Waals surface area contributed by atoms with Gasteiger partial charge in [-0.05, 0) is 30.9 Å². The predicted molar refractivity (Wildman–Crippen MR) is 74.8 cm³/mol. The van der Waals surface area contributed by atoms with E-state index in [2.05, 4.69) is 61.9 Å². The summed E-state index contributed by atoms with van der Waals surface area (Å²) >= 11 is 0. The number of fused-ring (bicyclic) bond motifs is 1. The molecule has 1 aliphatic carbocycles. The number of benzene rings is 1. The van der Waals surface area contributed by atoms with Gasteiger partial charge >= 0.3 is 0 Å². The van der Waals surface area contributed by atoms with Crippen LogP contribution >= 0.6 is 0 Å². The lowest BCUT2D eigenvalue weighted by Crippen LogP contribution is -2.18. The lowest BCUT2D eigenvalue weighted by Gasteiger charge is -2.25. The molecule has 1 aromatic heterocycles. The van der Waals surface area contributed by atoms with Gasteiger partial charge in [0.1, 0.15) is 0 Å². The van der Waals surface area contributed by atoms with Crippen molar-refractivity contribution >= 4 is 6.08 Å². The molecule has 0 N–H and O–H groups in total. The number of hydrogen-bond donors (Lipinski definition) is 0. The SMILES string of the molecule is Cc1nn(-c2ccccc2)c2c1C=CC(C)(C)C2. The molecule has 0 fully saturated rings. The number of aromatic nitrogens is 2. The topological polar surface area (TPSA) is 17.8 Å². The quantitative estimate of drug-likeness (QED) is 0.739. The summed E-state index contributed by atoms with van der Waals surface area (Å²) in [4.78, 5) is 0. The van der Waals surface area contributed by atoms with Crippen molar-refractivity contribution in [2.75, 3.05) is 0 Å².